The largest absolute Gasteiger partial charge is 0.397 e. The predicted molar refractivity (Wildman–Crippen MR) is 76.0 cm³/mol. The van der Waals surface area contributed by atoms with E-state index < -0.39 is 0 Å². The van der Waals surface area contributed by atoms with Crippen LogP contribution < -0.4 is 11.1 Å². The standard InChI is InChI=1S/C14H16N2OS/c1-7-3-4-11-9(5-7)12(15)13(18-11)14(17)16-10-6-8(10)2/h3-5,8,10H,6,15H2,1-2H3,(H,16,17). The number of anilines is 1. The van der Waals surface area contributed by atoms with E-state index in [0.717, 1.165) is 22.1 Å². The summed E-state index contributed by atoms with van der Waals surface area (Å²) in [6.45, 7) is 4.17. The van der Waals surface area contributed by atoms with E-state index in [0.29, 0.717) is 22.5 Å². The molecular formula is C14H16N2OS. The minimum atomic E-state index is -0.0271. The van der Waals surface area contributed by atoms with Gasteiger partial charge >= 0.3 is 0 Å². The minimum absolute atomic E-state index is 0.0271. The zero-order valence-electron chi connectivity index (χ0n) is 10.5. The zero-order valence-corrected chi connectivity index (χ0v) is 11.3. The first kappa shape index (κ1) is 11.5. The van der Waals surface area contributed by atoms with E-state index in [1.807, 2.05) is 25.1 Å². The van der Waals surface area contributed by atoms with Crippen LogP contribution in [0.1, 0.15) is 28.6 Å². The Labute approximate surface area is 110 Å². The molecule has 1 aromatic carbocycles. The number of nitrogens with two attached hydrogens (primary N) is 1. The first-order valence-electron chi connectivity index (χ1n) is 6.15. The van der Waals surface area contributed by atoms with Crippen LogP contribution in [0.25, 0.3) is 10.1 Å². The van der Waals surface area contributed by atoms with Gasteiger partial charge in [0.1, 0.15) is 4.88 Å². The molecule has 1 aliphatic carbocycles. The number of fused-ring (bicyclic) bond motifs is 1. The molecule has 1 amide bonds. The second-order valence-electron chi connectivity index (χ2n) is 5.14. The van der Waals surface area contributed by atoms with Crippen LogP contribution in [0.2, 0.25) is 0 Å². The van der Waals surface area contributed by atoms with E-state index in [9.17, 15) is 4.79 Å². The lowest BCUT2D eigenvalue weighted by atomic mass is 10.1. The van der Waals surface area contributed by atoms with Gasteiger partial charge in [-0.15, -0.1) is 11.3 Å². The fourth-order valence-electron chi connectivity index (χ4n) is 2.16. The molecule has 3 nitrogen and oxygen atoms in total. The highest BCUT2D eigenvalue weighted by atomic mass is 32.1. The SMILES string of the molecule is Cc1ccc2sc(C(=O)NC3CC3C)c(N)c2c1. The Bertz CT molecular complexity index is 632. The summed E-state index contributed by atoms with van der Waals surface area (Å²) in [7, 11) is 0. The molecule has 2 atom stereocenters. The maximum atomic E-state index is 12.1. The Hall–Kier alpha value is -1.55. The number of rotatable bonds is 2. The van der Waals surface area contributed by atoms with Gasteiger partial charge < -0.3 is 11.1 Å². The number of nitrogen functional groups attached to an aromatic ring is 1. The van der Waals surface area contributed by atoms with E-state index >= 15 is 0 Å². The Balaban J connectivity index is 1.96. The Morgan fingerprint density at radius 2 is 2.22 bits per heavy atom. The van der Waals surface area contributed by atoms with Gasteiger partial charge in [0.05, 0.1) is 5.69 Å². The van der Waals surface area contributed by atoms with Crippen LogP contribution in [0.3, 0.4) is 0 Å². The molecule has 1 fully saturated rings. The highest BCUT2D eigenvalue weighted by Crippen LogP contribution is 2.35. The van der Waals surface area contributed by atoms with Crippen molar-refractivity contribution in [2.75, 3.05) is 5.73 Å². The molecule has 0 radical (unpaired) electrons. The second kappa shape index (κ2) is 3.99. The maximum Gasteiger partial charge on any atom is 0.263 e. The van der Waals surface area contributed by atoms with Crippen molar-refractivity contribution >= 4 is 33.0 Å². The highest BCUT2D eigenvalue weighted by Gasteiger charge is 2.34. The average molecular weight is 260 g/mol. The summed E-state index contributed by atoms with van der Waals surface area (Å²) in [5, 5.41) is 4.02. The minimum Gasteiger partial charge on any atom is -0.397 e. The lowest BCUT2D eigenvalue weighted by Gasteiger charge is -2.02. The second-order valence-corrected chi connectivity index (χ2v) is 6.19. The molecule has 3 N–H and O–H groups in total. The molecule has 4 heteroatoms. The number of aryl methyl sites for hydroxylation is 1. The van der Waals surface area contributed by atoms with Crippen molar-refractivity contribution in [1.29, 1.82) is 0 Å². The van der Waals surface area contributed by atoms with Crippen LogP contribution in [0, 0.1) is 12.8 Å². The van der Waals surface area contributed by atoms with Crippen LogP contribution in [-0.2, 0) is 0 Å². The molecule has 0 spiro atoms. The summed E-state index contributed by atoms with van der Waals surface area (Å²) < 4.78 is 1.08. The van der Waals surface area contributed by atoms with Gasteiger partial charge in [0.15, 0.2) is 0 Å². The third kappa shape index (κ3) is 1.86. The fourth-order valence-corrected chi connectivity index (χ4v) is 3.16. The molecule has 1 heterocycles. The molecule has 1 aliphatic rings. The van der Waals surface area contributed by atoms with Crippen LogP contribution in [0.5, 0.6) is 0 Å². The van der Waals surface area contributed by atoms with E-state index in [4.69, 9.17) is 5.73 Å². The smallest absolute Gasteiger partial charge is 0.263 e. The maximum absolute atomic E-state index is 12.1. The summed E-state index contributed by atoms with van der Waals surface area (Å²) in [5.74, 6) is 0.576. The third-order valence-electron chi connectivity index (χ3n) is 3.51. The van der Waals surface area contributed by atoms with E-state index in [1.165, 1.54) is 11.3 Å². The zero-order chi connectivity index (χ0) is 12.9. The Kier molecular flexibility index (Phi) is 2.55. The number of carbonyl (C=O) groups excluding carboxylic acids is 1. The van der Waals surface area contributed by atoms with Crippen molar-refractivity contribution in [1.82, 2.24) is 5.32 Å². The van der Waals surface area contributed by atoms with Crippen molar-refractivity contribution in [3.63, 3.8) is 0 Å². The molecule has 2 unspecified atom stereocenters. The first-order valence-corrected chi connectivity index (χ1v) is 6.97. The topological polar surface area (TPSA) is 55.1 Å². The summed E-state index contributed by atoms with van der Waals surface area (Å²) in [5.41, 5.74) is 7.87. The normalized spacial score (nSPS) is 22.1. The summed E-state index contributed by atoms with van der Waals surface area (Å²) in [6.07, 6.45) is 1.08. The van der Waals surface area contributed by atoms with Gasteiger partial charge in [-0.2, -0.15) is 0 Å². The molecule has 3 rings (SSSR count). The van der Waals surface area contributed by atoms with Crippen LogP contribution >= 0.6 is 11.3 Å². The number of nitrogens with one attached hydrogen (secondary N) is 1. The number of carbonyl (C=O) groups is 1. The molecule has 94 valence electrons. The molecule has 0 aliphatic heterocycles. The Morgan fingerprint density at radius 3 is 2.89 bits per heavy atom. The fraction of sp³-hybridized carbons (Fsp3) is 0.357. The first-order chi connectivity index (χ1) is 8.56. The highest BCUT2D eigenvalue weighted by molar-refractivity contribution is 7.21. The molecule has 18 heavy (non-hydrogen) atoms. The van der Waals surface area contributed by atoms with Gasteiger partial charge in [-0.25, -0.2) is 0 Å². The van der Waals surface area contributed by atoms with E-state index in [2.05, 4.69) is 12.2 Å². The number of benzene rings is 1. The van der Waals surface area contributed by atoms with Gasteiger partial charge in [0.2, 0.25) is 0 Å². The van der Waals surface area contributed by atoms with Crippen LogP contribution in [-0.4, -0.2) is 11.9 Å². The number of hydrogen-bond donors (Lipinski definition) is 2. The molecule has 1 saturated carbocycles. The molecule has 1 aromatic heterocycles. The average Bonchev–Trinajstić information content (AvgIpc) is 2.91. The van der Waals surface area contributed by atoms with Gasteiger partial charge in [0.25, 0.3) is 5.91 Å². The van der Waals surface area contributed by atoms with E-state index in [-0.39, 0.29) is 5.91 Å². The Morgan fingerprint density at radius 1 is 1.50 bits per heavy atom. The van der Waals surface area contributed by atoms with Crippen LogP contribution in [0.4, 0.5) is 5.69 Å². The van der Waals surface area contributed by atoms with Crippen molar-refractivity contribution in [2.24, 2.45) is 5.92 Å². The van der Waals surface area contributed by atoms with Crippen molar-refractivity contribution in [2.45, 2.75) is 26.3 Å². The summed E-state index contributed by atoms with van der Waals surface area (Å²) in [6, 6.07) is 6.45. The third-order valence-corrected chi connectivity index (χ3v) is 4.70. The van der Waals surface area contributed by atoms with Gasteiger partial charge in [-0.05, 0) is 31.4 Å². The lowest BCUT2D eigenvalue weighted by molar-refractivity contribution is 0.0954. The van der Waals surface area contributed by atoms with Gasteiger partial charge in [-0.3, -0.25) is 4.79 Å². The van der Waals surface area contributed by atoms with E-state index in [1.54, 1.807) is 0 Å². The van der Waals surface area contributed by atoms with Crippen molar-refractivity contribution in [3.8, 4) is 0 Å². The molecule has 0 saturated heterocycles. The van der Waals surface area contributed by atoms with Gasteiger partial charge in [-0.1, -0.05) is 18.6 Å². The van der Waals surface area contributed by atoms with Crippen LogP contribution in [0.15, 0.2) is 18.2 Å². The monoisotopic (exact) mass is 260 g/mol. The number of amides is 1. The van der Waals surface area contributed by atoms with Crippen molar-refractivity contribution in [3.05, 3.63) is 28.6 Å². The van der Waals surface area contributed by atoms with Crippen molar-refractivity contribution < 1.29 is 4.79 Å². The molecule has 0 bridgehead atoms. The van der Waals surface area contributed by atoms with Gasteiger partial charge in [0, 0.05) is 16.1 Å². The predicted octanol–water partition coefficient (Wildman–Crippen LogP) is 2.93. The quantitative estimate of drug-likeness (QED) is 0.872. The lowest BCUT2D eigenvalue weighted by Crippen LogP contribution is -2.26. The molecule has 2 aromatic rings. The summed E-state index contributed by atoms with van der Waals surface area (Å²) >= 11 is 1.47. The number of thiophene rings is 1. The molecular weight excluding hydrogens is 244 g/mol. The number of hydrogen-bond acceptors (Lipinski definition) is 3. The summed E-state index contributed by atoms with van der Waals surface area (Å²) in [4.78, 5) is 12.8.